The van der Waals surface area contributed by atoms with Crippen LogP contribution in [0.2, 0.25) is 0 Å². The molecule has 33 heavy (non-hydrogen) atoms. The topological polar surface area (TPSA) is 96.6 Å². The van der Waals surface area contributed by atoms with E-state index in [0.717, 1.165) is 54.1 Å². The first-order valence-electron chi connectivity index (χ1n) is 11.0. The van der Waals surface area contributed by atoms with Crippen LogP contribution >= 0.6 is 24.0 Å². The highest BCUT2D eigenvalue weighted by atomic mass is 32.1. The quantitative estimate of drug-likeness (QED) is 0.288. The van der Waals surface area contributed by atoms with E-state index >= 15 is 0 Å². The number of amides is 1. The molecule has 0 spiro atoms. The Kier molecular flexibility index (Phi) is 7.26. The van der Waals surface area contributed by atoms with E-state index in [4.69, 9.17) is 10.5 Å². The van der Waals surface area contributed by atoms with Crippen LogP contribution in [0.25, 0.3) is 10.2 Å². The van der Waals surface area contributed by atoms with E-state index in [2.05, 4.69) is 32.8 Å². The van der Waals surface area contributed by atoms with Crippen molar-refractivity contribution in [1.82, 2.24) is 19.8 Å². The molecule has 0 bridgehead atoms. The summed E-state index contributed by atoms with van der Waals surface area (Å²) in [6.45, 7) is 1.80. The largest absolute Gasteiger partial charge is 0.494 e. The summed E-state index contributed by atoms with van der Waals surface area (Å²) in [5.41, 5.74) is 8.69. The van der Waals surface area contributed by atoms with Gasteiger partial charge in [-0.2, -0.15) is 0 Å². The molecule has 3 heterocycles. The standard InChI is InChI=1S/C17H18N4OS2.C6H12N2O/c1-22-12-6-10(18)13(23)7-11(12)21-16-15-9-4-2-3-5-14(9)24-17(15)20-8-19-16;1-7(2)6-3-8(4-6)5-9/h6-8,23H,2-5,18H2,1H3,(H,19,20,21);5-6H,3-4H2,1-2H3. The number of aromatic nitrogens is 2. The third kappa shape index (κ3) is 5.02. The number of hydrogen-bond acceptors (Lipinski definition) is 9. The van der Waals surface area contributed by atoms with Crippen LogP contribution in [0.15, 0.2) is 23.4 Å². The van der Waals surface area contributed by atoms with E-state index in [0.29, 0.717) is 22.4 Å². The molecule has 1 saturated heterocycles. The molecule has 1 aromatic carbocycles. The van der Waals surface area contributed by atoms with Crippen molar-refractivity contribution in [3.63, 3.8) is 0 Å². The maximum Gasteiger partial charge on any atom is 0.209 e. The summed E-state index contributed by atoms with van der Waals surface area (Å²) in [7, 11) is 5.69. The second-order valence-electron chi connectivity index (χ2n) is 8.53. The van der Waals surface area contributed by atoms with Gasteiger partial charge in [0.25, 0.3) is 0 Å². The molecule has 1 aliphatic heterocycles. The van der Waals surface area contributed by atoms with Crippen molar-refractivity contribution in [2.45, 2.75) is 36.6 Å². The van der Waals surface area contributed by atoms with Gasteiger partial charge in [-0.1, -0.05) is 0 Å². The molecule has 3 N–H and O–H groups in total. The SMILES string of the molecule is CN(C)C1CN(C=O)C1.COc1cc(N)c(S)cc1Nc1ncnc2sc3c(c12)CCCC3. The molecule has 5 rings (SSSR count). The molecule has 2 aliphatic rings. The van der Waals surface area contributed by atoms with Gasteiger partial charge in [-0.3, -0.25) is 4.79 Å². The molecular formula is C23H30N6O2S2. The lowest BCUT2D eigenvalue weighted by atomic mass is 9.97. The van der Waals surface area contributed by atoms with E-state index in [1.165, 1.54) is 23.3 Å². The Balaban J connectivity index is 0.000000243. The van der Waals surface area contributed by atoms with E-state index in [1.807, 2.05) is 20.2 Å². The van der Waals surface area contributed by atoms with Gasteiger partial charge in [0.1, 0.15) is 22.7 Å². The average molecular weight is 487 g/mol. The van der Waals surface area contributed by atoms with Gasteiger partial charge in [0.15, 0.2) is 0 Å². The normalized spacial score (nSPS) is 15.5. The van der Waals surface area contributed by atoms with Crippen molar-refractivity contribution in [3.05, 3.63) is 28.9 Å². The maximum atomic E-state index is 10.1. The number of hydrogen-bond donors (Lipinski definition) is 3. The monoisotopic (exact) mass is 486 g/mol. The van der Waals surface area contributed by atoms with Crippen molar-refractivity contribution in [3.8, 4) is 5.75 Å². The minimum Gasteiger partial charge on any atom is -0.494 e. The van der Waals surface area contributed by atoms with Gasteiger partial charge < -0.3 is 25.6 Å². The van der Waals surface area contributed by atoms with Crippen LogP contribution in [-0.2, 0) is 17.6 Å². The van der Waals surface area contributed by atoms with E-state index in [9.17, 15) is 4.79 Å². The molecule has 0 atom stereocenters. The second kappa shape index (κ2) is 10.1. The van der Waals surface area contributed by atoms with Gasteiger partial charge >= 0.3 is 0 Å². The van der Waals surface area contributed by atoms with Gasteiger partial charge in [0, 0.05) is 40.7 Å². The number of benzene rings is 1. The lowest BCUT2D eigenvalue weighted by molar-refractivity contribution is -0.124. The average Bonchev–Trinajstić information content (AvgIpc) is 3.15. The third-order valence-electron chi connectivity index (χ3n) is 6.12. The zero-order valence-corrected chi connectivity index (χ0v) is 20.9. The smallest absolute Gasteiger partial charge is 0.209 e. The molecular weight excluding hydrogens is 456 g/mol. The minimum absolute atomic E-state index is 0.585. The summed E-state index contributed by atoms with van der Waals surface area (Å²) in [5.74, 6) is 1.48. The number of likely N-dealkylation sites (N-methyl/N-ethyl adjacent to an activating group) is 1. The summed E-state index contributed by atoms with van der Waals surface area (Å²) >= 11 is 6.19. The third-order valence-corrected chi connectivity index (χ3v) is 7.71. The number of carbonyl (C=O) groups is 1. The number of nitrogens with zero attached hydrogens (tertiary/aromatic N) is 4. The lowest BCUT2D eigenvalue weighted by Crippen LogP contribution is -2.56. The molecule has 176 valence electrons. The summed E-state index contributed by atoms with van der Waals surface area (Å²) in [6.07, 6.45) is 7.22. The number of anilines is 3. The Morgan fingerprint density at radius 3 is 2.73 bits per heavy atom. The molecule has 1 fully saturated rings. The number of rotatable bonds is 5. The number of aryl methyl sites for hydroxylation is 2. The van der Waals surface area contributed by atoms with Crippen molar-refractivity contribution < 1.29 is 9.53 Å². The first kappa shape index (κ1) is 23.6. The predicted molar refractivity (Wildman–Crippen MR) is 137 cm³/mol. The maximum absolute atomic E-state index is 10.1. The zero-order valence-electron chi connectivity index (χ0n) is 19.2. The van der Waals surface area contributed by atoms with Crippen LogP contribution in [0.1, 0.15) is 23.3 Å². The Labute approximate surface area is 203 Å². The van der Waals surface area contributed by atoms with Crippen LogP contribution in [0, 0.1) is 0 Å². The number of fused-ring (bicyclic) bond motifs is 3. The fraction of sp³-hybridized carbons (Fsp3) is 0.435. The Morgan fingerprint density at radius 2 is 2.03 bits per heavy atom. The zero-order chi connectivity index (χ0) is 23.5. The highest BCUT2D eigenvalue weighted by Gasteiger charge is 2.26. The number of nitrogens with two attached hydrogens (primary N) is 1. The van der Waals surface area contributed by atoms with Crippen LogP contribution in [-0.4, -0.2) is 66.5 Å². The van der Waals surface area contributed by atoms with Gasteiger partial charge in [-0.05, 0) is 51.4 Å². The highest BCUT2D eigenvalue weighted by molar-refractivity contribution is 7.80. The number of thiophene rings is 1. The first-order valence-corrected chi connectivity index (χ1v) is 12.2. The van der Waals surface area contributed by atoms with Crippen LogP contribution < -0.4 is 15.8 Å². The number of likely N-dealkylation sites (tertiary alicyclic amines) is 1. The van der Waals surface area contributed by atoms with Gasteiger partial charge in [0.05, 0.1) is 18.2 Å². The summed E-state index contributed by atoms with van der Waals surface area (Å²) in [6, 6.07) is 4.23. The first-order chi connectivity index (χ1) is 15.9. The number of carbonyl (C=O) groups excluding carboxylic acids is 1. The molecule has 1 aliphatic carbocycles. The van der Waals surface area contributed by atoms with Crippen LogP contribution in [0.4, 0.5) is 17.2 Å². The predicted octanol–water partition coefficient (Wildman–Crippen LogP) is 3.58. The fourth-order valence-corrected chi connectivity index (χ4v) is 5.49. The molecule has 10 heteroatoms. The van der Waals surface area contributed by atoms with Gasteiger partial charge in [-0.15, -0.1) is 24.0 Å². The van der Waals surface area contributed by atoms with Crippen LogP contribution in [0.5, 0.6) is 5.75 Å². The highest BCUT2D eigenvalue weighted by Crippen LogP contribution is 2.40. The van der Waals surface area contributed by atoms with E-state index < -0.39 is 0 Å². The molecule has 2 aromatic heterocycles. The molecule has 0 unspecified atom stereocenters. The number of nitrogens with one attached hydrogen (secondary N) is 1. The van der Waals surface area contributed by atoms with Crippen LogP contribution in [0.3, 0.4) is 0 Å². The van der Waals surface area contributed by atoms with Crippen molar-refractivity contribution >= 4 is 57.8 Å². The molecule has 3 aromatic rings. The van der Waals surface area contributed by atoms with Crippen molar-refractivity contribution in [1.29, 1.82) is 0 Å². The minimum atomic E-state index is 0.585. The molecule has 1 amide bonds. The fourth-order valence-electron chi connectivity index (χ4n) is 4.06. The second-order valence-corrected chi connectivity index (χ2v) is 10.1. The van der Waals surface area contributed by atoms with Gasteiger partial charge in [0.2, 0.25) is 6.41 Å². The summed E-state index contributed by atoms with van der Waals surface area (Å²) in [4.78, 5) is 26.1. The molecule has 0 saturated carbocycles. The molecule has 8 nitrogen and oxygen atoms in total. The number of thiol groups is 1. The number of ether oxygens (including phenoxy) is 1. The summed E-state index contributed by atoms with van der Waals surface area (Å²) < 4.78 is 5.44. The number of methoxy groups -OCH3 is 1. The van der Waals surface area contributed by atoms with Crippen molar-refractivity contribution in [2.24, 2.45) is 0 Å². The Bertz CT molecular complexity index is 1140. The number of nitrogen functional groups attached to an aromatic ring is 1. The Hall–Kier alpha value is -2.56. The van der Waals surface area contributed by atoms with Crippen molar-refractivity contribution in [2.75, 3.05) is 45.3 Å². The van der Waals surface area contributed by atoms with Gasteiger partial charge in [-0.25, -0.2) is 9.97 Å². The lowest BCUT2D eigenvalue weighted by Gasteiger charge is -2.40. The van der Waals surface area contributed by atoms with E-state index in [-0.39, 0.29) is 0 Å². The van der Waals surface area contributed by atoms with E-state index in [1.54, 1.807) is 35.7 Å². The molecule has 0 radical (unpaired) electrons. The summed E-state index contributed by atoms with van der Waals surface area (Å²) in [5, 5.41) is 4.53. The Morgan fingerprint density at radius 1 is 1.27 bits per heavy atom.